The van der Waals surface area contributed by atoms with Gasteiger partial charge >= 0.3 is 11.8 Å². The van der Waals surface area contributed by atoms with Crippen LogP contribution in [0.3, 0.4) is 0 Å². The fourth-order valence-corrected chi connectivity index (χ4v) is 2.56. The van der Waals surface area contributed by atoms with Gasteiger partial charge in [-0.2, -0.15) is 0 Å². The van der Waals surface area contributed by atoms with Gasteiger partial charge in [0.25, 0.3) is 0 Å². The Bertz CT molecular complexity index is 784. The molecular formula is C16H12Cl3FN2O2. The smallest absolute Gasteiger partial charge is 0.313 e. The summed E-state index contributed by atoms with van der Waals surface area (Å²) < 4.78 is 13.0. The Labute approximate surface area is 152 Å². The van der Waals surface area contributed by atoms with E-state index in [2.05, 4.69) is 10.6 Å². The van der Waals surface area contributed by atoms with Crippen LogP contribution in [0, 0.1) is 5.82 Å². The molecule has 126 valence electrons. The van der Waals surface area contributed by atoms with E-state index in [1.54, 1.807) is 18.2 Å². The SMILES string of the molecule is O=C(NCCc1ccc(Cl)cc1Cl)C(=O)Nc1ccc(F)c(Cl)c1. The molecule has 0 unspecified atom stereocenters. The Morgan fingerprint density at radius 2 is 1.71 bits per heavy atom. The van der Waals surface area contributed by atoms with Crippen molar-refractivity contribution in [3.63, 3.8) is 0 Å². The highest BCUT2D eigenvalue weighted by Crippen LogP contribution is 2.21. The second kappa shape index (κ2) is 8.33. The van der Waals surface area contributed by atoms with Crippen molar-refractivity contribution in [2.45, 2.75) is 6.42 Å². The van der Waals surface area contributed by atoms with Crippen LogP contribution >= 0.6 is 34.8 Å². The van der Waals surface area contributed by atoms with E-state index in [9.17, 15) is 14.0 Å². The summed E-state index contributed by atoms with van der Waals surface area (Å²) in [7, 11) is 0. The van der Waals surface area contributed by atoms with Crippen LogP contribution in [0.5, 0.6) is 0 Å². The zero-order valence-corrected chi connectivity index (χ0v) is 14.5. The molecule has 2 amide bonds. The maximum absolute atomic E-state index is 13.0. The number of anilines is 1. The quantitative estimate of drug-likeness (QED) is 0.774. The average Bonchev–Trinajstić information content (AvgIpc) is 2.53. The fraction of sp³-hybridized carbons (Fsp3) is 0.125. The second-order valence-corrected chi connectivity index (χ2v) is 6.08. The van der Waals surface area contributed by atoms with Crippen LogP contribution in [0.25, 0.3) is 0 Å². The molecule has 24 heavy (non-hydrogen) atoms. The lowest BCUT2D eigenvalue weighted by Crippen LogP contribution is -2.36. The first-order chi connectivity index (χ1) is 11.4. The van der Waals surface area contributed by atoms with E-state index in [1.807, 2.05) is 0 Å². The van der Waals surface area contributed by atoms with Gasteiger partial charge in [0.05, 0.1) is 5.02 Å². The molecule has 0 heterocycles. The van der Waals surface area contributed by atoms with Crippen molar-refractivity contribution in [1.82, 2.24) is 5.32 Å². The lowest BCUT2D eigenvalue weighted by atomic mass is 10.1. The van der Waals surface area contributed by atoms with Crippen LogP contribution in [-0.4, -0.2) is 18.4 Å². The lowest BCUT2D eigenvalue weighted by Gasteiger charge is -2.08. The minimum atomic E-state index is -0.875. The molecule has 0 spiro atoms. The summed E-state index contributed by atoms with van der Waals surface area (Å²) in [5.74, 6) is -2.31. The van der Waals surface area contributed by atoms with Gasteiger partial charge in [0.1, 0.15) is 5.82 Å². The van der Waals surface area contributed by atoms with Gasteiger partial charge in [0, 0.05) is 22.3 Å². The molecule has 0 saturated carbocycles. The van der Waals surface area contributed by atoms with Gasteiger partial charge in [0.2, 0.25) is 0 Å². The molecule has 2 rings (SSSR count). The van der Waals surface area contributed by atoms with Gasteiger partial charge in [-0.05, 0) is 42.3 Å². The Kier molecular flexibility index (Phi) is 6.43. The van der Waals surface area contributed by atoms with Gasteiger partial charge in [-0.1, -0.05) is 40.9 Å². The second-order valence-electron chi connectivity index (χ2n) is 4.82. The third-order valence-corrected chi connectivity index (χ3v) is 3.96. The van der Waals surface area contributed by atoms with Crippen LogP contribution < -0.4 is 10.6 Å². The van der Waals surface area contributed by atoms with Crippen molar-refractivity contribution < 1.29 is 14.0 Å². The summed E-state index contributed by atoms with van der Waals surface area (Å²) >= 11 is 17.4. The van der Waals surface area contributed by atoms with Gasteiger partial charge in [-0.25, -0.2) is 4.39 Å². The molecule has 2 aromatic rings. The van der Waals surface area contributed by atoms with Crippen LogP contribution in [-0.2, 0) is 16.0 Å². The summed E-state index contributed by atoms with van der Waals surface area (Å²) in [6.07, 6.45) is 0.442. The predicted molar refractivity (Wildman–Crippen MR) is 93.2 cm³/mol. The first kappa shape index (κ1) is 18.5. The summed E-state index contributed by atoms with van der Waals surface area (Å²) in [6.45, 7) is 0.220. The van der Waals surface area contributed by atoms with E-state index in [0.717, 1.165) is 11.6 Å². The fourth-order valence-electron chi connectivity index (χ4n) is 1.88. The van der Waals surface area contributed by atoms with Gasteiger partial charge in [0.15, 0.2) is 0 Å². The molecule has 0 aliphatic carbocycles. The molecule has 0 aliphatic rings. The third kappa shape index (κ3) is 5.09. The van der Waals surface area contributed by atoms with Gasteiger partial charge < -0.3 is 10.6 Å². The van der Waals surface area contributed by atoms with Crippen molar-refractivity contribution in [3.8, 4) is 0 Å². The maximum atomic E-state index is 13.0. The number of rotatable bonds is 4. The molecule has 0 aromatic heterocycles. The first-order valence-electron chi connectivity index (χ1n) is 6.85. The average molecular weight is 390 g/mol. The Morgan fingerprint density at radius 3 is 2.38 bits per heavy atom. The molecule has 0 atom stereocenters. The number of hydrogen-bond acceptors (Lipinski definition) is 2. The molecule has 4 nitrogen and oxygen atoms in total. The molecule has 0 saturated heterocycles. The number of hydrogen-bond donors (Lipinski definition) is 2. The number of carbonyl (C=O) groups excluding carboxylic acids is 2. The number of halogens is 4. The van der Waals surface area contributed by atoms with Crippen molar-refractivity contribution in [2.24, 2.45) is 0 Å². The summed E-state index contributed by atoms with van der Waals surface area (Å²) in [5, 5.41) is 5.66. The molecule has 2 aromatic carbocycles. The van der Waals surface area contributed by atoms with Crippen molar-refractivity contribution in [3.05, 3.63) is 62.8 Å². The summed E-state index contributed by atoms with van der Waals surface area (Å²) in [5.41, 5.74) is 1.02. The summed E-state index contributed by atoms with van der Waals surface area (Å²) in [4.78, 5) is 23.5. The van der Waals surface area contributed by atoms with Crippen molar-refractivity contribution >= 4 is 52.3 Å². The highest BCUT2D eigenvalue weighted by molar-refractivity contribution is 6.40. The molecule has 0 bridgehead atoms. The molecule has 0 radical (unpaired) electrons. The van der Waals surface area contributed by atoms with E-state index in [-0.39, 0.29) is 17.3 Å². The Hall–Kier alpha value is -1.82. The zero-order chi connectivity index (χ0) is 17.7. The van der Waals surface area contributed by atoms with Crippen molar-refractivity contribution in [1.29, 1.82) is 0 Å². The minimum absolute atomic E-state index is 0.148. The largest absolute Gasteiger partial charge is 0.347 e. The Morgan fingerprint density at radius 1 is 0.958 bits per heavy atom. The minimum Gasteiger partial charge on any atom is -0.347 e. The van der Waals surface area contributed by atoms with E-state index in [1.165, 1.54) is 12.1 Å². The van der Waals surface area contributed by atoms with Gasteiger partial charge in [-0.3, -0.25) is 9.59 Å². The monoisotopic (exact) mass is 388 g/mol. The number of amides is 2. The van der Waals surface area contributed by atoms with Crippen LogP contribution in [0.2, 0.25) is 15.1 Å². The predicted octanol–water partition coefficient (Wildman–Crippen LogP) is 4.08. The molecule has 0 fully saturated rings. The number of nitrogens with one attached hydrogen (secondary N) is 2. The number of carbonyl (C=O) groups is 2. The highest BCUT2D eigenvalue weighted by atomic mass is 35.5. The topological polar surface area (TPSA) is 58.2 Å². The van der Waals surface area contributed by atoms with E-state index >= 15 is 0 Å². The van der Waals surface area contributed by atoms with E-state index < -0.39 is 17.6 Å². The molecular weight excluding hydrogens is 378 g/mol. The standard InChI is InChI=1S/C16H12Cl3FN2O2/c17-10-2-1-9(12(18)7-10)5-6-21-15(23)16(24)22-11-3-4-14(20)13(19)8-11/h1-4,7-8H,5-6H2,(H,21,23)(H,22,24). The third-order valence-electron chi connectivity index (χ3n) is 3.08. The molecule has 2 N–H and O–H groups in total. The Balaban J connectivity index is 1.85. The van der Waals surface area contributed by atoms with Crippen LogP contribution in [0.15, 0.2) is 36.4 Å². The molecule has 8 heteroatoms. The van der Waals surface area contributed by atoms with Crippen LogP contribution in [0.4, 0.5) is 10.1 Å². The normalized spacial score (nSPS) is 10.3. The van der Waals surface area contributed by atoms with E-state index in [0.29, 0.717) is 16.5 Å². The zero-order valence-electron chi connectivity index (χ0n) is 12.2. The van der Waals surface area contributed by atoms with Crippen LogP contribution in [0.1, 0.15) is 5.56 Å². The lowest BCUT2D eigenvalue weighted by molar-refractivity contribution is -0.136. The highest BCUT2D eigenvalue weighted by Gasteiger charge is 2.14. The molecule has 0 aliphatic heterocycles. The van der Waals surface area contributed by atoms with E-state index in [4.69, 9.17) is 34.8 Å². The first-order valence-corrected chi connectivity index (χ1v) is 7.98. The number of benzene rings is 2. The maximum Gasteiger partial charge on any atom is 0.313 e. The summed E-state index contributed by atoms with van der Waals surface area (Å²) in [6, 6.07) is 8.66. The van der Waals surface area contributed by atoms with Crippen molar-refractivity contribution in [2.75, 3.05) is 11.9 Å². The van der Waals surface area contributed by atoms with Gasteiger partial charge in [-0.15, -0.1) is 0 Å².